The summed E-state index contributed by atoms with van der Waals surface area (Å²) in [4.78, 5) is 11.1. The third kappa shape index (κ3) is 1.69. The molecule has 1 aliphatic rings. The van der Waals surface area contributed by atoms with Crippen molar-refractivity contribution in [3.63, 3.8) is 0 Å². The van der Waals surface area contributed by atoms with Crippen molar-refractivity contribution in [2.45, 2.75) is 11.4 Å². The second kappa shape index (κ2) is 3.16. The fourth-order valence-corrected chi connectivity index (χ4v) is 1.70. The quantitative estimate of drug-likeness (QED) is 0.663. The Hall–Kier alpha value is -1.17. The first-order chi connectivity index (χ1) is 6.89. The molecule has 0 saturated carbocycles. The van der Waals surface area contributed by atoms with Gasteiger partial charge in [0.1, 0.15) is 5.25 Å². The molecule has 1 heterocycles. The van der Waals surface area contributed by atoms with E-state index in [9.17, 15) is 18.0 Å². The van der Waals surface area contributed by atoms with E-state index in [0.717, 1.165) is 12.1 Å². The van der Waals surface area contributed by atoms with Crippen LogP contribution in [-0.2, 0) is 11.0 Å². The Morgan fingerprint density at radius 2 is 2.00 bits per heavy atom. The summed E-state index contributed by atoms with van der Waals surface area (Å²) < 4.78 is 37.1. The summed E-state index contributed by atoms with van der Waals surface area (Å²) in [7, 11) is 0. The maximum atomic E-state index is 12.4. The molecule has 0 spiro atoms. The molecule has 1 aromatic rings. The smallest absolute Gasteiger partial charge is 0.325 e. The standard InChI is InChI=1S/C9H6F3NOS/c10-9(11,12)4-1-2-6-5(3-4)7(15)8(14)13-6/h1-3,7,15H,(H,13,14). The fraction of sp³-hybridized carbons (Fsp3) is 0.222. The summed E-state index contributed by atoms with van der Waals surface area (Å²) in [6.45, 7) is 0. The van der Waals surface area contributed by atoms with Gasteiger partial charge in [0.15, 0.2) is 0 Å². The molecule has 2 rings (SSSR count). The minimum atomic E-state index is -4.39. The van der Waals surface area contributed by atoms with Gasteiger partial charge in [0.2, 0.25) is 5.91 Å². The predicted octanol–water partition coefficient (Wildman–Crippen LogP) is 2.63. The van der Waals surface area contributed by atoms with E-state index in [-0.39, 0.29) is 5.56 Å². The number of hydrogen-bond donors (Lipinski definition) is 2. The molecular formula is C9H6F3NOS. The Labute approximate surface area is 88.9 Å². The SMILES string of the molecule is O=C1Nc2ccc(C(F)(F)F)cc2C1S. The molecule has 80 valence electrons. The number of anilines is 1. The van der Waals surface area contributed by atoms with Crippen molar-refractivity contribution in [2.75, 3.05) is 5.32 Å². The van der Waals surface area contributed by atoms with E-state index >= 15 is 0 Å². The Balaban J connectivity index is 2.49. The highest BCUT2D eigenvalue weighted by Crippen LogP contribution is 2.39. The van der Waals surface area contributed by atoms with Crippen LogP contribution < -0.4 is 5.32 Å². The number of carbonyl (C=O) groups excluding carboxylic acids is 1. The zero-order chi connectivity index (χ0) is 11.2. The molecule has 0 aliphatic carbocycles. The monoisotopic (exact) mass is 233 g/mol. The second-order valence-electron chi connectivity index (χ2n) is 3.19. The number of rotatable bonds is 0. The number of hydrogen-bond acceptors (Lipinski definition) is 2. The summed E-state index contributed by atoms with van der Waals surface area (Å²) in [5.74, 6) is -0.396. The lowest BCUT2D eigenvalue weighted by atomic mass is 10.1. The van der Waals surface area contributed by atoms with Gasteiger partial charge in [-0.05, 0) is 23.8 Å². The molecule has 1 amide bonds. The maximum absolute atomic E-state index is 12.4. The highest BCUT2D eigenvalue weighted by Gasteiger charge is 2.34. The zero-order valence-electron chi connectivity index (χ0n) is 7.30. The number of benzene rings is 1. The Bertz CT molecular complexity index is 430. The van der Waals surface area contributed by atoms with Crippen LogP contribution in [-0.4, -0.2) is 5.91 Å². The fourth-order valence-electron chi connectivity index (χ4n) is 1.42. The number of fused-ring (bicyclic) bond motifs is 1. The molecule has 15 heavy (non-hydrogen) atoms. The van der Waals surface area contributed by atoms with Gasteiger partial charge >= 0.3 is 6.18 Å². The van der Waals surface area contributed by atoms with E-state index in [4.69, 9.17) is 0 Å². The van der Waals surface area contributed by atoms with Gasteiger partial charge in [-0.2, -0.15) is 25.8 Å². The van der Waals surface area contributed by atoms with Gasteiger partial charge in [-0.25, -0.2) is 0 Å². The molecule has 6 heteroatoms. The van der Waals surface area contributed by atoms with Gasteiger partial charge in [0.25, 0.3) is 0 Å². The molecule has 1 unspecified atom stereocenters. The van der Waals surface area contributed by atoms with Crippen molar-refractivity contribution in [2.24, 2.45) is 0 Å². The van der Waals surface area contributed by atoms with Crippen molar-refractivity contribution in [1.82, 2.24) is 0 Å². The predicted molar refractivity (Wildman–Crippen MR) is 51.8 cm³/mol. The number of halogens is 3. The molecule has 0 fully saturated rings. The van der Waals surface area contributed by atoms with Crippen LogP contribution in [0.5, 0.6) is 0 Å². The molecule has 1 aromatic carbocycles. The summed E-state index contributed by atoms with van der Waals surface area (Å²) in [5.41, 5.74) is -0.0945. The highest BCUT2D eigenvalue weighted by molar-refractivity contribution is 7.81. The van der Waals surface area contributed by atoms with Gasteiger partial charge in [-0.1, -0.05) is 0 Å². The van der Waals surface area contributed by atoms with Crippen LogP contribution in [0.15, 0.2) is 18.2 Å². The minimum Gasteiger partial charge on any atom is -0.325 e. The van der Waals surface area contributed by atoms with Gasteiger partial charge in [-0.15, -0.1) is 0 Å². The number of carbonyl (C=O) groups is 1. The molecule has 0 saturated heterocycles. The van der Waals surface area contributed by atoms with E-state index in [1.807, 2.05) is 0 Å². The first kappa shape index (κ1) is 10.4. The van der Waals surface area contributed by atoms with Crippen molar-refractivity contribution < 1.29 is 18.0 Å². The van der Waals surface area contributed by atoms with E-state index in [2.05, 4.69) is 17.9 Å². The Morgan fingerprint density at radius 1 is 1.33 bits per heavy atom. The molecule has 0 radical (unpaired) electrons. The molecule has 0 aromatic heterocycles. The number of thiol groups is 1. The van der Waals surface area contributed by atoms with Gasteiger partial charge < -0.3 is 5.32 Å². The van der Waals surface area contributed by atoms with E-state index < -0.39 is 22.9 Å². The minimum absolute atomic E-state index is 0.276. The van der Waals surface area contributed by atoms with Crippen LogP contribution in [0.3, 0.4) is 0 Å². The van der Waals surface area contributed by atoms with E-state index in [0.29, 0.717) is 5.69 Å². The number of nitrogens with one attached hydrogen (secondary N) is 1. The third-order valence-corrected chi connectivity index (χ3v) is 2.69. The van der Waals surface area contributed by atoms with Crippen LogP contribution in [0.1, 0.15) is 16.4 Å². The number of alkyl halides is 3. The average molecular weight is 233 g/mol. The molecule has 0 bridgehead atoms. The van der Waals surface area contributed by atoms with E-state index in [1.165, 1.54) is 6.07 Å². The maximum Gasteiger partial charge on any atom is 0.416 e. The molecule has 2 nitrogen and oxygen atoms in total. The van der Waals surface area contributed by atoms with E-state index in [1.54, 1.807) is 0 Å². The van der Waals surface area contributed by atoms with Gasteiger partial charge in [-0.3, -0.25) is 4.79 Å². The van der Waals surface area contributed by atoms with Crippen molar-refractivity contribution in [3.05, 3.63) is 29.3 Å². The topological polar surface area (TPSA) is 29.1 Å². The first-order valence-electron chi connectivity index (χ1n) is 4.09. The summed E-state index contributed by atoms with van der Waals surface area (Å²) >= 11 is 3.93. The lowest BCUT2D eigenvalue weighted by Gasteiger charge is -2.08. The molecule has 1 aliphatic heterocycles. The Kier molecular flexibility index (Phi) is 2.18. The van der Waals surface area contributed by atoms with Crippen LogP contribution >= 0.6 is 12.6 Å². The lowest BCUT2D eigenvalue weighted by Crippen LogP contribution is -2.06. The molecule has 1 atom stereocenters. The summed E-state index contributed by atoms with van der Waals surface area (Å²) in [5, 5.41) is 1.63. The van der Waals surface area contributed by atoms with Crippen LogP contribution in [0.2, 0.25) is 0 Å². The van der Waals surface area contributed by atoms with Crippen LogP contribution in [0, 0.1) is 0 Å². The second-order valence-corrected chi connectivity index (χ2v) is 3.71. The zero-order valence-corrected chi connectivity index (χ0v) is 8.19. The Morgan fingerprint density at radius 3 is 2.60 bits per heavy atom. The average Bonchev–Trinajstić information content (AvgIpc) is 2.41. The lowest BCUT2D eigenvalue weighted by molar-refractivity contribution is -0.137. The summed E-state index contributed by atoms with van der Waals surface area (Å²) in [6.07, 6.45) is -4.39. The van der Waals surface area contributed by atoms with Gasteiger partial charge in [0, 0.05) is 5.69 Å². The summed E-state index contributed by atoms with van der Waals surface area (Å²) in [6, 6.07) is 3.13. The van der Waals surface area contributed by atoms with Crippen LogP contribution in [0.25, 0.3) is 0 Å². The molecule has 1 N–H and O–H groups in total. The largest absolute Gasteiger partial charge is 0.416 e. The first-order valence-corrected chi connectivity index (χ1v) is 4.61. The van der Waals surface area contributed by atoms with Crippen LogP contribution in [0.4, 0.5) is 18.9 Å². The van der Waals surface area contributed by atoms with Crippen molar-refractivity contribution in [1.29, 1.82) is 0 Å². The normalized spacial score (nSPS) is 20.0. The molecular weight excluding hydrogens is 227 g/mol. The van der Waals surface area contributed by atoms with Crippen molar-refractivity contribution in [3.8, 4) is 0 Å². The highest BCUT2D eigenvalue weighted by atomic mass is 32.1. The third-order valence-electron chi connectivity index (χ3n) is 2.18. The number of amides is 1. The van der Waals surface area contributed by atoms with Gasteiger partial charge in [0.05, 0.1) is 5.56 Å². The van der Waals surface area contributed by atoms with Crippen molar-refractivity contribution >= 4 is 24.2 Å².